The molecule has 4 aromatic carbocycles. The maximum atomic E-state index is 13.8. The van der Waals surface area contributed by atoms with Crippen LogP contribution in [0.5, 0.6) is 11.5 Å². The highest BCUT2D eigenvalue weighted by atomic mass is 32.2. The molecule has 0 radical (unpaired) electrons. The molecule has 190 valence electrons. The maximum absolute atomic E-state index is 13.8. The molecule has 0 atom stereocenters. The molecule has 8 heteroatoms. The molecule has 37 heavy (non-hydrogen) atoms. The number of nitrogens with zero attached hydrogens (tertiary/aromatic N) is 1. The molecule has 0 aliphatic heterocycles. The summed E-state index contributed by atoms with van der Waals surface area (Å²) in [5.74, 6) is 0.278. The highest BCUT2D eigenvalue weighted by molar-refractivity contribution is 7.92. The zero-order valence-corrected chi connectivity index (χ0v) is 21.4. The van der Waals surface area contributed by atoms with E-state index in [1.165, 1.54) is 26.4 Å². The summed E-state index contributed by atoms with van der Waals surface area (Å²) in [5, 5.41) is 3.02. The van der Waals surface area contributed by atoms with Crippen LogP contribution in [0.2, 0.25) is 0 Å². The van der Waals surface area contributed by atoms with Gasteiger partial charge >= 0.3 is 0 Å². The van der Waals surface area contributed by atoms with Crippen molar-refractivity contribution in [3.05, 3.63) is 120 Å². The summed E-state index contributed by atoms with van der Waals surface area (Å²) in [6.45, 7) is -0.462. The van der Waals surface area contributed by atoms with Crippen LogP contribution in [0.4, 0.5) is 5.69 Å². The Morgan fingerprint density at radius 1 is 0.784 bits per heavy atom. The number of nitrogens with one attached hydrogen (secondary N) is 1. The van der Waals surface area contributed by atoms with Crippen LogP contribution in [0.1, 0.15) is 17.2 Å². The van der Waals surface area contributed by atoms with Crippen LogP contribution in [-0.2, 0) is 14.8 Å². The summed E-state index contributed by atoms with van der Waals surface area (Å²) < 4.78 is 39.4. The molecule has 0 saturated carbocycles. The van der Waals surface area contributed by atoms with Gasteiger partial charge in [-0.25, -0.2) is 8.42 Å². The largest absolute Gasteiger partial charge is 0.497 e. The van der Waals surface area contributed by atoms with Gasteiger partial charge in [-0.3, -0.25) is 9.10 Å². The number of rotatable bonds is 10. The number of amides is 1. The lowest BCUT2D eigenvalue weighted by Gasteiger charge is -2.27. The predicted octanol–water partition coefficient (Wildman–Crippen LogP) is 4.80. The molecule has 0 fully saturated rings. The van der Waals surface area contributed by atoms with E-state index in [0.29, 0.717) is 5.75 Å². The molecule has 1 amide bonds. The Morgan fingerprint density at radius 2 is 1.32 bits per heavy atom. The third-order valence-corrected chi connectivity index (χ3v) is 7.62. The number of methoxy groups -OCH3 is 2. The fourth-order valence-electron chi connectivity index (χ4n) is 4.00. The Balaban J connectivity index is 1.73. The summed E-state index contributed by atoms with van der Waals surface area (Å²) in [5.41, 5.74) is 1.97. The molecule has 0 spiro atoms. The van der Waals surface area contributed by atoms with E-state index in [4.69, 9.17) is 9.47 Å². The van der Waals surface area contributed by atoms with Crippen molar-refractivity contribution in [2.24, 2.45) is 0 Å². The molecule has 0 aliphatic rings. The lowest BCUT2D eigenvalue weighted by Crippen LogP contribution is -2.42. The fourth-order valence-corrected chi connectivity index (χ4v) is 5.45. The summed E-state index contributed by atoms with van der Waals surface area (Å²) >= 11 is 0. The zero-order chi connectivity index (χ0) is 26.3. The predicted molar refractivity (Wildman–Crippen MR) is 143 cm³/mol. The first-order valence-electron chi connectivity index (χ1n) is 11.6. The highest BCUT2D eigenvalue weighted by Crippen LogP contribution is 2.35. The number of hydrogen-bond donors (Lipinski definition) is 1. The summed E-state index contributed by atoms with van der Waals surface area (Å²) in [6, 6.07) is 31.4. The van der Waals surface area contributed by atoms with Crippen LogP contribution in [0.15, 0.2) is 114 Å². The molecule has 4 rings (SSSR count). The van der Waals surface area contributed by atoms with Gasteiger partial charge in [0.05, 0.1) is 30.8 Å². The molecule has 0 aromatic heterocycles. The van der Waals surface area contributed by atoms with Gasteiger partial charge in [-0.15, -0.1) is 0 Å². The van der Waals surface area contributed by atoms with E-state index in [2.05, 4.69) is 5.32 Å². The van der Waals surface area contributed by atoms with Gasteiger partial charge in [0.2, 0.25) is 5.91 Å². The van der Waals surface area contributed by atoms with Gasteiger partial charge < -0.3 is 14.8 Å². The Hall–Kier alpha value is -4.30. The molecule has 0 aliphatic carbocycles. The first-order valence-corrected chi connectivity index (χ1v) is 13.1. The van der Waals surface area contributed by atoms with Crippen LogP contribution in [-0.4, -0.2) is 35.1 Å². The number of ether oxygens (including phenoxy) is 2. The molecular weight excluding hydrogens is 488 g/mol. The average Bonchev–Trinajstić information content (AvgIpc) is 2.95. The minimum atomic E-state index is -4.11. The first kappa shape index (κ1) is 25.8. The quantitative estimate of drug-likeness (QED) is 0.327. The minimum Gasteiger partial charge on any atom is -0.497 e. The molecule has 1 N–H and O–H groups in total. The Morgan fingerprint density at radius 3 is 1.84 bits per heavy atom. The van der Waals surface area contributed by atoms with Crippen molar-refractivity contribution in [2.45, 2.75) is 10.9 Å². The molecule has 0 saturated heterocycles. The van der Waals surface area contributed by atoms with Gasteiger partial charge in [0, 0.05) is 6.07 Å². The van der Waals surface area contributed by atoms with Gasteiger partial charge in [-0.2, -0.15) is 0 Å². The van der Waals surface area contributed by atoms with Crippen LogP contribution >= 0.6 is 0 Å². The van der Waals surface area contributed by atoms with Gasteiger partial charge in [0.1, 0.15) is 18.0 Å². The number of carbonyl (C=O) groups excluding carboxylic acids is 1. The van der Waals surface area contributed by atoms with Crippen molar-refractivity contribution in [3.63, 3.8) is 0 Å². The number of anilines is 1. The number of benzene rings is 4. The third-order valence-electron chi connectivity index (χ3n) is 5.85. The molecule has 7 nitrogen and oxygen atoms in total. The van der Waals surface area contributed by atoms with Crippen molar-refractivity contribution < 1.29 is 22.7 Å². The molecular formula is C29H28N2O5S. The Kier molecular flexibility index (Phi) is 8.10. The smallest absolute Gasteiger partial charge is 0.264 e. The Bertz CT molecular complexity index is 1390. The van der Waals surface area contributed by atoms with E-state index in [1.54, 1.807) is 36.4 Å². The van der Waals surface area contributed by atoms with E-state index in [-0.39, 0.29) is 16.3 Å². The first-order chi connectivity index (χ1) is 17.9. The second-order valence-corrected chi connectivity index (χ2v) is 10.0. The SMILES string of the molecule is COc1ccc(N(CC(=O)NC(c2ccccc2)c2ccccc2)S(=O)(=O)c2ccccc2)c(OC)c1. The van der Waals surface area contributed by atoms with Crippen molar-refractivity contribution >= 4 is 21.6 Å². The van der Waals surface area contributed by atoms with Crippen molar-refractivity contribution in [1.29, 1.82) is 0 Å². The summed E-state index contributed by atoms with van der Waals surface area (Å²) in [6.07, 6.45) is 0. The van der Waals surface area contributed by atoms with Gasteiger partial charge in [-0.05, 0) is 35.4 Å². The zero-order valence-electron chi connectivity index (χ0n) is 20.6. The van der Waals surface area contributed by atoms with Crippen LogP contribution in [0.25, 0.3) is 0 Å². The standard InChI is InChI=1S/C29H28N2O5S/c1-35-24-18-19-26(27(20-24)36-2)31(37(33,34)25-16-10-5-11-17-25)21-28(32)30-29(22-12-6-3-7-13-22)23-14-8-4-9-15-23/h3-20,29H,21H2,1-2H3,(H,30,32). The van der Waals surface area contributed by atoms with E-state index in [9.17, 15) is 13.2 Å². The van der Waals surface area contributed by atoms with Crippen LogP contribution in [0, 0.1) is 0 Å². The Labute approximate surface area is 217 Å². The minimum absolute atomic E-state index is 0.0586. The monoisotopic (exact) mass is 516 g/mol. The second kappa shape index (κ2) is 11.6. The molecule has 0 unspecified atom stereocenters. The highest BCUT2D eigenvalue weighted by Gasteiger charge is 2.30. The number of carbonyl (C=O) groups is 1. The maximum Gasteiger partial charge on any atom is 0.264 e. The molecule has 0 heterocycles. The molecule has 4 aromatic rings. The average molecular weight is 517 g/mol. The van der Waals surface area contributed by atoms with Crippen molar-refractivity contribution in [3.8, 4) is 11.5 Å². The van der Waals surface area contributed by atoms with Crippen molar-refractivity contribution in [1.82, 2.24) is 5.32 Å². The van der Waals surface area contributed by atoms with Crippen molar-refractivity contribution in [2.75, 3.05) is 25.1 Å². The summed E-state index contributed by atoms with van der Waals surface area (Å²) in [4.78, 5) is 13.6. The lowest BCUT2D eigenvalue weighted by molar-refractivity contribution is -0.120. The second-order valence-electron chi connectivity index (χ2n) is 8.18. The third kappa shape index (κ3) is 5.92. The van der Waals surface area contributed by atoms with E-state index >= 15 is 0 Å². The summed E-state index contributed by atoms with van der Waals surface area (Å²) in [7, 11) is -1.17. The van der Waals surface area contributed by atoms with E-state index in [1.807, 2.05) is 60.7 Å². The topological polar surface area (TPSA) is 84.9 Å². The fraction of sp³-hybridized carbons (Fsp3) is 0.138. The lowest BCUT2D eigenvalue weighted by atomic mass is 9.99. The van der Waals surface area contributed by atoms with Gasteiger partial charge in [0.15, 0.2) is 0 Å². The normalized spacial score (nSPS) is 11.1. The number of sulfonamides is 1. The van der Waals surface area contributed by atoms with Crippen LogP contribution in [0.3, 0.4) is 0 Å². The number of hydrogen-bond acceptors (Lipinski definition) is 5. The van der Waals surface area contributed by atoms with E-state index < -0.39 is 28.5 Å². The molecule has 0 bridgehead atoms. The van der Waals surface area contributed by atoms with Crippen LogP contribution < -0.4 is 19.1 Å². The van der Waals surface area contributed by atoms with Gasteiger partial charge in [-0.1, -0.05) is 78.9 Å². The van der Waals surface area contributed by atoms with E-state index in [0.717, 1.165) is 15.4 Å². The van der Waals surface area contributed by atoms with Gasteiger partial charge in [0.25, 0.3) is 10.0 Å².